The summed E-state index contributed by atoms with van der Waals surface area (Å²) in [6.07, 6.45) is 0. The average molecular weight is 340 g/mol. The zero-order valence-corrected chi connectivity index (χ0v) is 13.2. The smallest absolute Gasteiger partial charge is 0.354 e. The molecule has 0 aliphatic heterocycles. The van der Waals surface area contributed by atoms with Gasteiger partial charge < -0.3 is 29.2 Å². The highest BCUT2D eigenvalue weighted by Gasteiger charge is 2.21. The van der Waals surface area contributed by atoms with Crippen molar-refractivity contribution in [2.24, 2.45) is 0 Å². The summed E-state index contributed by atoms with van der Waals surface area (Å²) in [6.45, 7) is 2.68. The number of aromatic carboxylic acids is 1. The predicted molar refractivity (Wildman–Crippen MR) is 85.6 cm³/mol. The first-order valence-electron chi connectivity index (χ1n) is 7.28. The van der Waals surface area contributed by atoms with E-state index >= 15 is 0 Å². The van der Waals surface area contributed by atoms with Gasteiger partial charge in [-0.05, 0) is 19.1 Å². The zero-order chi connectivity index (χ0) is 17.9. The van der Waals surface area contributed by atoms with Gasteiger partial charge in [-0.15, -0.1) is 0 Å². The molecule has 0 fully saturated rings. The van der Waals surface area contributed by atoms with E-state index in [4.69, 9.17) is 24.5 Å². The highest BCUT2D eigenvalue weighted by Crippen LogP contribution is 2.27. The second kappa shape index (κ2) is 10.4. The molecule has 0 saturated carbocycles. The molecule has 0 saturated heterocycles. The molecule has 0 bridgehead atoms. The maximum absolute atomic E-state index is 11.5. The number of hydrogen-bond acceptors (Lipinski definition) is 7. The molecule has 0 aliphatic rings. The monoisotopic (exact) mass is 340 g/mol. The van der Waals surface area contributed by atoms with E-state index < -0.39 is 17.2 Å². The van der Waals surface area contributed by atoms with Gasteiger partial charge in [0.25, 0.3) is 0 Å². The molecule has 0 amide bonds. The highest BCUT2D eigenvalue weighted by molar-refractivity contribution is 5.97. The lowest BCUT2D eigenvalue weighted by atomic mass is 10.1. The fourth-order valence-corrected chi connectivity index (χ4v) is 1.83. The number of aliphatic hydroxyl groups is 2. The summed E-state index contributed by atoms with van der Waals surface area (Å²) in [6, 6.07) is 6.65. The summed E-state index contributed by atoms with van der Waals surface area (Å²) in [7, 11) is 0. The van der Waals surface area contributed by atoms with E-state index in [1.165, 1.54) is 0 Å². The number of fused-ring (bicyclic) bond motifs is 1. The van der Waals surface area contributed by atoms with Crippen LogP contribution < -0.4 is 10.4 Å². The Morgan fingerprint density at radius 3 is 2.33 bits per heavy atom. The van der Waals surface area contributed by atoms with Crippen molar-refractivity contribution < 1.29 is 34.0 Å². The van der Waals surface area contributed by atoms with E-state index in [2.05, 4.69) is 4.74 Å². The van der Waals surface area contributed by atoms with Gasteiger partial charge >= 0.3 is 11.6 Å². The van der Waals surface area contributed by atoms with Crippen LogP contribution in [-0.4, -0.2) is 54.3 Å². The van der Waals surface area contributed by atoms with Crippen LogP contribution in [0.2, 0.25) is 0 Å². The molecular weight excluding hydrogens is 320 g/mol. The maximum Gasteiger partial charge on any atom is 0.354 e. The second-order valence-corrected chi connectivity index (χ2v) is 4.39. The first kappa shape index (κ1) is 19.6. The molecule has 1 aromatic carbocycles. The third-order valence-corrected chi connectivity index (χ3v) is 2.74. The van der Waals surface area contributed by atoms with Crippen molar-refractivity contribution >= 4 is 16.9 Å². The van der Waals surface area contributed by atoms with E-state index in [9.17, 15) is 9.59 Å². The number of rotatable bonds is 7. The van der Waals surface area contributed by atoms with E-state index in [0.29, 0.717) is 24.2 Å². The molecule has 0 spiro atoms. The third-order valence-electron chi connectivity index (χ3n) is 2.74. The van der Waals surface area contributed by atoms with Crippen molar-refractivity contribution in [3.05, 3.63) is 40.2 Å². The van der Waals surface area contributed by atoms with Crippen molar-refractivity contribution in [3.8, 4) is 5.75 Å². The summed E-state index contributed by atoms with van der Waals surface area (Å²) in [5.41, 5.74) is -1.06. The lowest BCUT2D eigenvalue weighted by Crippen LogP contribution is -2.16. The van der Waals surface area contributed by atoms with Crippen molar-refractivity contribution in [1.29, 1.82) is 0 Å². The largest absolute Gasteiger partial charge is 0.492 e. The molecule has 1 heterocycles. The van der Waals surface area contributed by atoms with Crippen LogP contribution in [0.5, 0.6) is 5.75 Å². The van der Waals surface area contributed by atoms with Gasteiger partial charge in [0.15, 0.2) is 11.3 Å². The van der Waals surface area contributed by atoms with Crippen molar-refractivity contribution in [3.63, 3.8) is 0 Å². The molecule has 2 rings (SSSR count). The Morgan fingerprint density at radius 2 is 1.79 bits per heavy atom. The fraction of sp³-hybridized carbons (Fsp3) is 0.375. The van der Waals surface area contributed by atoms with Crippen molar-refractivity contribution in [2.45, 2.75) is 6.92 Å². The summed E-state index contributed by atoms with van der Waals surface area (Å²) in [5.74, 6) is -1.29. The van der Waals surface area contributed by atoms with Gasteiger partial charge in [-0.3, -0.25) is 0 Å². The van der Waals surface area contributed by atoms with Gasteiger partial charge in [0, 0.05) is 0 Å². The lowest BCUT2D eigenvalue weighted by Gasteiger charge is -2.08. The van der Waals surface area contributed by atoms with Gasteiger partial charge in [0.1, 0.15) is 5.58 Å². The predicted octanol–water partition coefficient (Wildman–Crippen LogP) is 0.877. The van der Waals surface area contributed by atoms with Gasteiger partial charge in [0.2, 0.25) is 0 Å². The molecule has 0 atom stereocenters. The highest BCUT2D eigenvalue weighted by atomic mass is 16.5. The minimum atomic E-state index is -1.35. The Balaban J connectivity index is 0.000000351. The third kappa shape index (κ3) is 5.34. The number of ether oxygens (including phenoxy) is 2. The quantitative estimate of drug-likeness (QED) is 0.501. The minimum Gasteiger partial charge on any atom is -0.492 e. The van der Waals surface area contributed by atoms with E-state index in [1.54, 1.807) is 31.2 Å². The molecule has 0 aliphatic carbocycles. The van der Waals surface area contributed by atoms with E-state index in [1.807, 2.05) is 0 Å². The Labute approximate surface area is 137 Å². The van der Waals surface area contributed by atoms with E-state index in [-0.39, 0.29) is 25.6 Å². The Hall–Kier alpha value is -2.42. The molecule has 24 heavy (non-hydrogen) atoms. The van der Waals surface area contributed by atoms with Crippen molar-refractivity contribution in [2.75, 3.05) is 33.0 Å². The van der Waals surface area contributed by atoms with Crippen LogP contribution in [-0.2, 0) is 4.74 Å². The van der Waals surface area contributed by atoms with Crippen LogP contribution in [0.25, 0.3) is 11.0 Å². The average Bonchev–Trinajstić information content (AvgIpc) is 2.56. The van der Waals surface area contributed by atoms with Crippen LogP contribution in [0.3, 0.4) is 0 Å². The number of benzene rings is 1. The number of para-hydroxylation sites is 1. The molecule has 8 heteroatoms. The molecule has 1 aromatic heterocycles. The second-order valence-electron chi connectivity index (χ2n) is 4.39. The summed E-state index contributed by atoms with van der Waals surface area (Å²) >= 11 is 0. The minimum absolute atomic E-state index is 0.0278. The number of carbonyl (C=O) groups is 1. The van der Waals surface area contributed by atoms with Crippen LogP contribution in [0.4, 0.5) is 0 Å². The van der Waals surface area contributed by atoms with Gasteiger partial charge in [-0.1, -0.05) is 12.1 Å². The normalized spacial score (nSPS) is 10.1. The Morgan fingerprint density at radius 1 is 1.17 bits per heavy atom. The SMILES string of the molecule is CCOc1c(C(=O)O)c(=O)oc2ccccc12.OCCOCCO. The van der Waals surface area contributed by atoms with Crippen LogP contribution in [0.1, 0.15) is 17.3 Å². The molecule has 132 valence electrons. The summed E-state index contributed by atoms with van der Waals surface area (Å²) in [4.78, 5) is 22.6. The first-order valence-corrected chi connectivity index (χ1v) is 7.28. The number of carboxylic acid groups (broad SMARTS) is 1. The standard InChI is InChI=1S/C12H10O5.C4H10O3/c1-2-16-10-7-5-3-4-6-8(7)17-12(15)9(10)11(13)14;5-1-3-7-4-2-6/h3-6H,2H2,1H3,(H,13,14);5-6H,1-4H2. The van der Waals surface area contributed by atoms with Crippen molar-refractivity contribution in [1.82, 2.24) is 0 Å². The maximum atomic E-state index is 11.5. The molecule has 0 radical (unpaired) electrons. The van der Waals surface area contributed by atoms with Gasteiger partial charge in [0.05, 0.1) is 38.4 Å². The first-order chi connectivity index (χ1) is 11.6. The molecule has 0 unspecified atom stereocenters. The summed E-state index contributed by atoms with van der Waals surface area (Å²) < 4.78 is 14.8. The summed E-state index contributed by atoms with van der Waals surface area (Å²) in [5, 5.41) is 25.6. The van der Waals surface area contributed by atoms with Crippen LogP contribution >= 0.6 is 0 Å². The van der Waals surface area contributed by atoms with E-state index in [0.717, 1.165) is 0 Å². The van der Waals surface area contributed by atoms with Crippen LogP contribution in [0, 0.1) is 0 Å². The van der Waals surface area contributed by atoms with Gasteiger partial charge in [-0.2, -0.15) is 0 Å². The molecule has 8 nitrogen and oxygen atoms in total. The number of carboxylic acids is 1. The topological polar surface area (TPSA) is 126 Å². The zero-order valence-electron chi connectivity index (χ0n) is 13.2. The fourth-order valence-electron chi connectivity index (χ4n) is 1.83. The molecule has 3 N–H and O–H groups in total. The van der Waals surface area contributed by atoms with Crippen LogP contribution in [0.15, 0.2) is 33.5 Å². The number of hydrogen-bond donors (Lipinski definition) is 3. The Kier molecular flexibility index (Phi) is 8.48. The van der Waals surface area contributed by atoms with Gasteiger partial charge in [-0.25, -0.2) is 9.59 Å². The molecule has 2 aromatic rings. The lowest BCUT2D eigenvalue weighted by molar-refractivity contribution is 0.0650. The molecular formula is C16H20O8. The number of aliphatic hydroxyl groups excluding tert-OH is 2. The Bertz CT molecular complexity index is 703.